The van der Waals surface area contributed by atoms with Gasteiger partial charge in [-0.2, -0.15) is 0 Å². The second-order valence-electron chi connectivity index (χ2n) is 4.85. The zero-order valence-electron chi connectivity index (χ0n) is 11.3. The van der Waals surface area contributed by atoms with Gasteiger partial charge in [-0.3, -0.25) is 9.59 Å². The predicted octanol–water partition coefficient (Wildman–Crippen LogP) is 1.21. The van der Waals surface area contributed by atoms with Gasteiger partial charge in [0.25, 0.3) is 0 Å². The number of carbonyl (C=O) groups excluding carboxylic acids is 1. The van der Waals surface area contributed by atoms with E-state index in [9.17, 15) is 9.59 Å². The maximum absolute atomic E-state index is 11.6. The Labute approximate surface area is 111 Å². The third-order valence-electron chi connectivity index (χ3n) is 2.68. The highest BCUT2D eigenvalue weighted by Crippen LogP contribution is 2.20. The van der Waals surface area contributed by atoms with Crippen molar-refractivity contribution in [2.24, 2.45) is 5.41 Å². The van der Waals surface area contributed by atoms with E-state index < -0.39 is 11.4 Å². The zero-order valence-corrected chi connectivity index (χ0v) is 11.3. The van der Waals surface area contributed by atoms with Crippen LogP contribution in [0.5, 0.6) is 5.88 Å². The average Bonchev–Trinajstić information content (AvgIpc) is 2.36. The Morgan fingerprint density at radius 3 is 2.58 bits per heavy atom. The fraction of sp³-hybridized carbons (Fsp3) is 0.462. The molecule has 2 N–H and O–H groups in total. The number of amides is 1. The molecule has 0 aliphatic heterocycles. The summed E-state index contributed by atoms with van der Waals surface area (Å²) < 4.78 is 4.92. The van der Waals surface area contributed by atoms with E-state index in [0.717, 1.165) is 5.56 Å². The van der Waals surface area contributed by atoms with Crippen molar-refractivity contribution in [3.63, 3.8) is 0 Å². The summed E-state index contributed by atoms with van der Waals surface area (Å²) in [4.78, 5) is 26.5. The molecule has 0 saturated heterocycles. The molecule has 6 heteroatoms. The summed E-state index contributed by atoms with van der Waals surface area (Å²) in [7, 11) is 1.53. The Kier molecular flexibility index (Phi) is 4.86. The first kappa shape index (κ1) is 14.9. The third kappa shape index (κ3) is 4.57. The number of aliphatic carboxylic acids is 1. The Hall–Kier alpha value is -2.11. The quantitative estimate of drug-likeness (QED) is 0.807. The maximum atomic E-state index is 11.6. The first-order chi connectivity index (χ1) is 8.85. The zero-order chi connectivity index (χ0) is 14.5. The summed E-state index contributed by atoms with van der Waals surface area (Å²) in [5.41, 5.74) is -0.246. The molecular weight excluding hydrogens is 248 g/mol. The van der Waals surface area contributed by atoms with Crippen LogP contribution < -0.4 is 10.1 Å². The van der Waals surface area contributed by atoms with Crippen LogP contribution in [0.2, 0.25) is 0 Å². The molecule has 0 aliphatic carbocycles. The summed E-state index contributed by atoms with van der Waals surface area (Å²) in [6.45, 7) is 3.35. The SMILES string of the molecule is COc1ccc(CNC(=O)CC(C)(C)C(=O)O)cn1. The predicted molar refractivity (Wildman–Crippen MR) is 68.7 cm³/mol. The highest BCUT2D eigenvalue weighted by Gasteiger charge is 2.29. The van der Waals surface area contributed by atoms with Gasteiger partial charge in [-0.25, -0.2) is 4.98 Å². The Morgan fingerprint density at radius 1 is 1.42 bits per heavy atom. The molecule has 104 valence electrons. The minimum atomic E-state index is -1.07. The summed E-state index contributed by atoms with van der Waals surface area (Å²) in [5, 5.41) is 11.6. The van der Waals surface area contributed by atoms with Crippen molar-refractivity contribution in [3.8, 4) is 5.88 Å². The topological polar surface area (TPSA) is 88.5 Å². The number of pyridine rings is 1. The number of hydrogen-bond acceptors (Lipinski definition) is 4. The van der Waals surface area contributed by atoms with Gasteiger partial charge >= 0.3 is 5.97 Å². The summed E-state index contributed by atoms with van der Waals surface area (Å²) in [6.07, 6.45) is 1.54. The van der Waals surface area contributed by atoms with Crippen LogP contribution in [-0.4, -0.2) is 29.1 Å². The molecular formula is C13H18N2O4. The minimum absolute atomic E-state index is 0.0636. The molecule has 0 fully saturated rings. The van der Waals surface area contributed by atoms with Gasteiger partial charge in [0, 0.05) is 25.2 Å². The van der Waals surface area contributed by atoms with Crippen molar-refractivity contribution in [2.75, 3.05) is 7.11 Å². The Morgan fingerprint density at radius 2 is 2.11 bits per heavy atom. The molecule has 0 aromatic carbocycles. The van der Waals surface area contributed by atoms with E-state index in [1.54, 1.807) is 18.3 Å². The molecule has 1 amide bonds. The van der Waals surface area contributed by atoms with Crippen LogP contribution in [0.3, 0.4) is 0 Å². The second-order valence-corrected chi connectivity index (χ2v) is 4.85. The molecule has 1 rings (SSSR count). The van der Waals surface area contributed by atoms with Gasteiger partial charge in [0.2, 0.25) is 11.8 Å². The van der Waals surface area contributed by atoms with Crippen molar-refractivity contribution in [2.45, 2.75) is 26.8 Å². The van der Waals surface area contributed by atoms with Gasteiger partial charge in [-0.15, -0.1) is 0 Å². The molecule has 0 radical (unpaired) electrons. The van der Waals surface area contributed by atoms with Crippen LogP contribution in [0.15, 0.2) is 18.3 Å². The average molecular weight is 266 g/mol. The van der Waals surface area contributed by atoms with Gasteiger partial charge in [-0.05, 0) is 19.4 Å². The third-order valence-corrected chi connectivity index (χ3v) is 2.68. The highest BCUT2D eigenvalue weighted by atomic mass is 16.5. The maximum Gasteiger partial charge on any atom is 0.309 e. The monoisotopic (exact) mass is 266 g/mol. The number of nitrogens with one attached hydrogen (secondary N) is 1. The second kappa shape index (κ2) is 6.17. The normalized spacial score (nSPS) is 10.9. The van der Waals surface area contributed by atoms with E-state index >= 15 is 0 Å². The molecule has 0 aliphatic rings. The van der Waals surface area contributed by atoms with E-state index in [1.807, 2.05) is 0 Å². The lowest BCUT2D eigenvalue weighted by Crippen LogP contribution is -2.33. The van der Waals surface area contributed by atoms with Crippen LogP contribution in [0.4, 0.5) is 0 Å². The number of carboxylic acid groups (broad SMARTS) is 1. The molecule has 0 bridgehead atoms. The molecule has 19 heavy (non-hydrogen) atoms. The molecule has 1 heterocycles. The fourth-order valence-electron chi connectivity index (χ4n) is 1.38. The first-order valence-electron chi connectivity index (χ1n) is 5.84. The van der Waals surface area contributed by atoms with Crippen molar-refractivity contribution >= 4 is 11.9 Å². The number of carbonyl (C=O) groups is 2. The molecule has 0 atom stereocenters. The largest absolute Gasteiger partial charge is 0.481 e. The van der Waals surface area contributed by atoms with Crippen molar-refractivity contribution < 1.29 is 19.4 Å². The summed E-state index contributed by atoms with van der Waals surface area (Å²) >= 11 is 0. The molecule has 0 unspecified atom stereocenters. The number of methoxy groups -OCH3 is 1. The number of nitrogens with zero attached hydrogens (tertiary/aromatic N) is 1. The number of ether oxygens (including phenoxy) is 1. The van der Waals surface area contributed by atoms with E-state index in [2.05, 4.69) is 10.3 Å². The smallest absolute Gasteiger partial charge is 0.309 e. The van der Waals surface area contributed by atoms with Crippen LogP contribution in [-0.2, 0) is 16.1 Å². The molecule has 1 aromatic heterocycles. The molecule has 1 aromatic rings. The van der Waals surface area contributed by atoms with Gasteiger partial charge in [-0.1, -0.05) is 6.07 Å². The molecule has 0 spiro atoms. The number of rotatable bonds is 6. The fourth-order valence-corrected chi connectivity index (χ4v) is 1.38. The van der Waals surface area contributed by atoms with Gasteiger partial charge in [0.05, 0.1) is 12.5 Å². The van der Waals surface area contributed by atoms with Crippen LogP contribution in [0, 0.1) is 5.41 Å². The molecule has 6 nitrogen and oxygen atoms in total. The molecule has 0 saturated carbocycles. The summed E-state index contributed by atoms with van der Waals surface area (Å²) in [5.74, 6) is -0.793. The van der Waals surface area contributed by atoms with E-state index in [0.29, 0.717) is 12.4 Å². The van der Waals surface area contributed by atoms with E-state index in [-0.39, 0.29) is 12.3 Å². The number of carboxylic acids is 1. The highest BCUT2D eigenvalue weighted by molar-refractivity contribution is 5.84. The van der Waals surface area contributed by atoms with Gasteiger partial charge < -0.3 is 15.2 Å². The van der Waals surface area contributed by atoms with Crippen molar-refractivity contribution in [3.05, 3.63) is 23.9 Å². The van der Waals surface area contributed by atoms with Crippen molar-refractivity contribution in [1.29, 1.82) is 0 Å². The van der Waals surface area contributed by atoms with Gasteiger partial charge in [0.15, 0.2) is 0 Å². The number of aromatic nitrogens is 1. The Bertz CT molecular complexity index is 454. The van der Waals surface area contributed by atoms with Crippen LogP contribution >= 0.6 is 0 Å². The lowest BCUT2D eigenvalue weighted by atomic mass is 9.89. The first-order valence-corrected chi connectivity index (χ1v) is 5.84. The van der Waals surface area contributed by atoms with Crippen LogP contribution in [0.25, 0.3) is 0 Å². The van der Waals surface area contributed by atoms with Gasteiger partial charge in [0.1, 0.15) is 0 Å². The minimum Gasteiger partial charge on any atom is -0.481 e. The number of hydrogen-bond donors (Lipinski definition) is 2. The van der Waals surface area contributed by atoms with Crippen LogP contribution in [0.1, 0.15) is 25.8 Å². The van der Waals surface area contributed by atoms with E-state index in [1.165, 1.54) is 21.0 Å². The lowest BCUT2D eigenvalue weighted by molar-refractivity contribution is -0.149. The summed E-state index contributed by atoms with van der Waals surface area (Å²) in [6, 6.07) is 3.48. The van der Waals surface area contributed by atoms with Crippen molar-refractivity contribution in [1.82, 2.24) is 10.3 Å². The lowest BCUT2D eigenvalue weighted by Gasteiger charge is -2.18. The standard InChI is InChI=1S/C13H18N2O4/c1-13(2,12(17)18)6-10(16)14-7-9-4-5-11(19-3)15-8-9/h4-5,8H,6-7H2,1-3H3,(H,14,16)(H,17,18). The van der Waals surface area contributed by atoms with E-state index in [4.69, 9.17) is 9.84 Å². The Balaban J connectivity index is 2.48.